The maximum Gasteiger partial charge on any atom is 0.231 e. The van der Waals surface area contributed by atoms with E-state index in [0.29, 0.717) is 12.8 Å². The van der Waals surface area contributed by atoms with Crippen LogP contribution in [-0.2, 0) is 5.41 Å². The van der Waals surface area contributed by atoms with Crippen LogP contribution in [0.3, 0.4) is 0 Å². The van der Waals surface area contributed by atoms with Crippen molar-refractivity contribution in [3.05, 3.63) is 23.8 Å². The maximum absolute atomic E-state index is 5.51. The molecule has 4 heteroatoms. The summed E-state index contributed by atoms with van der Waals surface area (Å²) in [6, 6.07) is 7.88. The molecule has 1 N–H and O–H groups in total. The molecule has 2 heterocycles. The number of benzene rings is 1. The Balaban J connectivity index is 1.36. The van der Waals surface area contributed by atoms with Crippen molar-refractivity contribution in [1.29, 1.82) is 0 Å². The summed E-state index contributed by atoms with van der Waals surface area (Å²) in [4.78, 5) is 2.66. The second-order valence-corrected chi connectivity index (χ2v) is 7.54. The van der Waals surface area contributed by atoms with Gasteiger partial charge in [0.15, 0.2) is 11.5 Å². The Morgan fingerprint density at radius 1 is 1.18 bits per heavy atom. The number of hydrogen-bond acceptors (Lipinski definition) is 4. The van der Waals surface area contributed by atoms with Crippen molar-refractivity contribution in [3.8, 4) is 11.5 Å². The van der Waals surface area contributed by atoms with E-state index in [1.54, 1.807) is 0 Å². The van der Waals surface area contributed by atoms with Crippen LogP contribution in [0.2, 0.25) is 0 Å². The van der Waals surface area contributed by atoms with Crippen LogP contribution in [-0.4, -0.2) is 43.4 Å². The van der Waals surface area contributed by atoms with Gasteiger partial charge in [0.2, 0.25) is 6.79 Å². The third kappa shape index (κ3) is 2.82. The van der Waals surface area contributed by atoms with Crippen LogP contribution in [0.15, 0.2) is 18.2 Å². The fraction of sp³-hybridized carbons (Fsp3) is 0.667. The van der Waals surface area contributed by atoms with E-state index in [1.165, 1.54) is 37.9 Å². The zero-order valence-corrected chi connectivity index (χ0v) is 13.6. The number of hydrogen-bond donors (Lipinski definition) is 1. The van der Waals surface area contributed by atoms with Crippen LogP contribution in [0.4, 0.5) is 0 Å². The average Bonchev–Trinajstić information content (AvgIpc) is 3.08. The Kier molecular flexibility index (Phi) is 3.54. The van der Waals surface area contributed by atoms with Crippen molar-refractivity contribution in [1.82, 2.24) is 10.2 Å². The van der Waals surface area contributed by atoms with Crippen LogP contribution < -0.4 is 14.8 Å². The van der Waals surface area contributed by atoms with Gasteiger partial charge in [-0.1, -0.05) is 19.9 Å². The first-order valence-corrected chi connectivity index (χ1v) is 8.49. The highest BCUT2D eigenvalue weighted by atomic mass is 16.7. The van der Waals surface area contributed by atoms with E-state index in [2.05, 4.69) is 36.2 Å². The van der Waals surface area contributed by atoms with Crippen LogP contribution >= 0.6 is 0 Å². The maximum atomic E-state index is 5.51. The molecule has 1 aromatic carbocycles. The number of ether oxygens (including phenoxy) is 2. The molecule has 0 spiro atoms. The quantitative estimate of drug-likeness (QED) is 0.906. The number of rotatable bonds is 5. The highest BCUT2D eigenvalue weighted by molar-refractivity contribution is 5.46. The summed E-state index contributed by atoms with van der Waals surface area (Å²) in [5, 5.41) is 3.79. The number of nitrogens with zero attached hydrogens (tertiary/aromatic N) is 1. The summed E-state index contributed by atoms with van der Waals surface area (Å²) in [6.07, 6.45) is 4.11. The lowest BCUT2D eigenvalue weighted by molar-refractivity contribution is 0.174. The highest BCUT2D eigenvalue weighted by Gasteiger charge is 2.35. The number of likely N-dealkylation sites (tertiary alicyclic amines) is 1. The molecule has 1 atom stereocenters. The summed E-state index contributed by atoms with van der Waals surface area (Å²) in [7, 11) is 0. The molecular weight excluding hydrogens is 276 g/mol. The van der Waals surface area contributed by atoms with Gasteiger partial charge in [0.25, 0.3) is 0 Å². The van der Waals surface area contributed by atoms with Crippen LogP contribution in [0.5, 0.6) is 11.5 Å². The molecule has 1 aliphatic carbocycles. The summed E-state index contributed by atoms with van der Waals surface area (Å²) in [6.45, 7) is 8.43. The fourth-order valence-electron chi connectivity index (χ4n) is 3.54. The first-order valence-electron chi connectivity index (χ1n) is 8.49. The van der Waals surface area contributed by atoms with E-state index < -0.39 is 0 Å². The first kappa shape index (κ1) is 14.3. The third-order valence-corrected chi connectivity index (χ3v) is 5.27. The fourth-order valence-corrected chi connectivity index (χ4v) is 3.54. The molecular formula is C18H26N2O2. The summed E-state index contributed by atoms with van der Waals surface area (Å²) in [5.41, 5.74) is 1.40. The largest absolute Gasteiger partial charge is 0.454 e. The molecule has 22 heavy (non-hydrogen) atoms. The molecule has 2 fully saturated rings. The van der Waals surface area contributed by atoms with Crippen LogP contribution in [0, 0.1) is 0 Å². The molecule has 0 radical (unpaired) electrons. The molecule has 1 unspecified atom stereocenters. The standard InChI is InChI=1S/C18H26N2O2/c1-18(2,13-3-6-16-17(9-13)22-12-21-16)11-19-14-7-8-20(10-14)15-4-5-15/h3,6,9,14-15,19H,4-5,7-8,10-12H2,1-2H3. The van der Waals surface area contributed by atoms with Crippen molar-refractivity contribution < 1.29 is 9.47 Å². The third-order valence-electron chi connectivity index (χ3n) is 5.27. The lowest BCUT2D eigenvalue weighted by Gasteiger charge is -2.28. The topological polar surface area (TPSA) is 33.7 Å². The predicted octanol–water partition coefficient (Wildman–Crippen LogP) is 2.52. The van der Waals surface area contributed by atoms with Gasteiger partial charge in [-0.3, -0.25) is 4.90 Å². The highest BCUT2D eigenvalue weighted by Crippen LogP contribution is 2.36. The normalized spacial score (nSPS) is 24.9. The van der Waals surface area contributed by atoms with Crippen molar-refractivity contribution in [2.45, 2.75) is 50.6 Å². The van der Waals surface area contributed by atoms with Gasteiger partial charge >= 0.3 is 0 Å². The lowest BCUT2D eigenvalue weighted by Crippen LogP contribution is -2.40. The van der Waals surface area contributed by atoms with Gasteiger partial charge in [0.05, 0.1) is 0 Å². The molecule has 0 amide bonds. The van der Waals surface area contributed by atoms with E-state index in [4.69, 9.17) is 9.47 Å². The monoisotopic (exact) mass is 302 g/mol. The first-order chi connectivity index (χ1) is 10.6. The van der Waals surface area contributed by atoms with Crippen molar-refractivity contribution in [2.75, 3.05) is 26.4 Å². The Morgan fingerprint density at radius 3 is 2.82 bits per heavy atom. The molecule has 2 aliphatic heterocycles. The minimum atomic E-state index is 0.0913. The smallest absolute Gasteiger partial charge is 0.231 e. The van der Waals surface area contributed by atoms with Gasteiger partial charge in [-0.05, 0) is 37.0 Å². The Hall–Kier alpha value is -1.26. The van der Waals surface area contributed by atoms with Crippen molar-refractivity contribution in [3.63, 3.8) is 0 Å². The molecule has 1 aromatic rings. The van der Waals surface area contributed by atoms with Crippen molar-refractivity contribution >= 4 is 0 Å². The van der Waals surface area contributed by atoms with E-state index >= 15 is 0 Å². The second-order valence-electron chi connectivity index (χ2n) is 7.54. The Bertz CT molecular complexity index is 554. The van der Waals surface area contributed by atoms with E-state index in [0.717, 1.165) is 24.1 Å². The molecule has 4 nitrogen and oxygen atoms in total. The van der Waals surface area contributed by atoms with Gasteiger partial charge in [0.1, 0.15) is 0 Å². The SMILES string of the molecule is CC(C)(CNC1CCN(C2CC2)C1)c1ccc2c(c1)OCO2. The molecule has 1 saturated heterocycles. The molecule has 3 aliphatic rings. The summed E-state index contributed by atoms with van der Waals surface area (Å²) < 4.78 is 10.9. The minimum absolute atomic E-state index is 0.0913. The van der Waals surface area contributed by atoms with Gasteiger partial charge < -0.3 is 14.8 Å². The van der Waals surface area contributed by atoms with Gasteiger partial charge in [-0.25, -0.2) is 0 Å². The van der Waals surface area contributed by atoms with Crippen molar-refractivity contribution in [2.24, 2.45) is 0 Å². The predicted molar refractivity (Wildman–Crippen MR) is 86.6 cm³/mol. The molecule has 0 bridgehead atoms. The summed E-state index contributed by atoms with van der Waals surface area (Å²) >= 11 is 0. The van der Waals surface area contributed by atoms with Crippen LogP contribution in [0.25, 0.3) is 0 Å². The van der Waals surface area contributed by atoms with Gasteiger partial charge in [-0.15, -0.1) is 0 Å². The Morgan fingerprint density at radius 2 is 2.00 bits per heavy atom. The van der Waals surface area contributed by atoms with E-state index in [1.807, 2.05) is 6.07 Å². The lowest BCUT2D eigenvalue weighted by atomic mass is 9.84. The summed E-state index contributed by atoms with van der Waals surface area (Å²) in [5.74, 6) is 1.75. The molecule has 4 rings (SSSR count). The molecule has 1 saturated carbocycles. The number of nitrogens with one attached hydrogen (secondary N) is 1. The average molecular weight is 302 g/mol. The molecule has 120 valence electrons. The Labute approximate surface area is 132 Å². The van der Waals surface area contributed by atoms with Crippen LogP contribution in [0.1, 0.15) is 38.7 Å². The number of fused-ring (bicyclic) bond motifs is 1. The molecule has 0 aromatic heterocycles. The van der Waals surface area contributed by atoms with E-state index in [9.17, 15) is 0 Å². The van der Waals surface area contributed by atoms with E-state index in [-0.39, 0.29) is 5.41 Å². The van der Waals surface area contributed by atoms with Gasteiger partial charge in [0, 0.05) is 37.1 Å². The minimum Gasteiger partial charge on any atom is -0.454 e. The zero-order chi connectivity index (χ0) is 15.2. The zero-order valence-electron chi connectivity index (χ0n) is 13.6. The van der Waals surface area contributed by atoms with Gasteiger partial charge in [-0.2, -0.15) is 0 Å². The second kappa shape index (κ2) is 5.43.